The fraction of sp³-hybridized carbons (Fsp3) is 0.647. The van der Waals surface area contributed by atoms with Crippen molar-refractivity contribution in [3.05, 3.63) is 34.9 Å². The number of hydrogen-bond acceptors (Lipinski definition) is 2. The summed E-state index contributed by atoms with van der Waals surface area (Å²) >= 11 is 5.98. The SMILES string of the molecule is CCCC(NCC1(CCOC)CC1)c1ccc(Cl)cc1. The number of rotatable bonds is 9. The number of benzene rings is 1. The van der Waals surface area contributed by atoms with Crippen molar-refractivity contribution in [1.82, 2.24) is 5.32 Å². The Hall–Kier alpha value is -0.570. The summed E-state index contributed by atoms with van der Waals surface area (Å²) < 4.78 is 5.23. The number of ether oxygens (including phenoxy) is 1. The molecule has 0 heterocycles. The van der Waals surface area contributed by atoms with Gasteiger partial charge in [-0.25, -0.2) is 0 Å². The highest BCUT2D eigenvalue weighted by molar-refractivity contribution is 6.30. The van der Waals surface area contributed by atoms with Crippen LogP contribution in [0.1, 0.15) is 50.6 Å². The number of halogens is 1. The van der Waals surface area contributed by atoms with Crippen LogP contribution in [0.3, 0.4) is 0 Å². The van der Waals surface area contributed by atoms with Crippen molar-refractivity contribution in [3.63, 3.8) is 0 Å². The smallest absolute Gasteiger partial charge is 0.0468 e. The summed E-state index contributed by atoms with van der Waals surface area (Å²) in [6.07, 6.45) is 6.20. The van der Waals surface area contributed by atoms with Gasteiger partial charge >= 0.3 is 0 Å². The van der Waals surface area contributed by atoms with Crippen molar-refractivity contribution in [1.29, 1.82) is 0 Å². The highest BCUT2D eigenvalue weighted by Gasteiger charge is 2.41. The molecule has 1 aliphatic rings. The van der Waals surface area contributed by atoms with E-state index in [4.69, 9.17) is 16.3 Å². The molecule has 1 atom stereocenters. The molecule has 112 valence electrons. The van der Waals surface area contributed by atoms with Gasteiger partial charge in [0.15, 0.2) is 0 Å². The van der Waals surface area contributed by atoms with E-state index in [2.05, 4.69) is 24.4 Å². The van der Waals surface area contributed by atoms with Crippen LogP contribution in [0.2, 0.25) is 5.02 Å². The lowest BCUT2D eigenvalue weighted by atomic mass is 9.99. The molecule has 0 bridgehead atoms. The lowest BCUT2D eigenvalue weighted by Gasteiger charge is -2.23. The lowest BCUT2D eigenvalue weighted by Crippen LogP contribution is -2.29. The second kappa shape index (κ2) is 7.44. The number of methoxy groups -OCH3 is 1. The van der Waals surface area contributed by atoms with Gasteiger partial charge in [-0.15, -0.1) is 0 Å². The Morgan fingerprint density at radius 1 is 1.30 bits per heavy atom. The van der Waals surface area contributed by atoms with Crippen molar-refractivity contribution < 1.29 is 4.74 Å². The zero-order valence-electron chi connectivity index (χ0n) is 12.6. The Labute approximate surface area is 127 Å². The van der Waals surface area contributed by atoms with Crippen molar-refractivity contribution in [2.24, 2.45) is 5.41 Å². The van der Waals surface area contributed by atoms with E-state index in [-0.39, 0.29) is 0 Å². The molecule has 1 fully saturated rings. The molecular weight excluding hydrogens is 270 g/mol. The van der Waals surface area contributed by atoms with Crippen LogP contribution in [-0.2, 0) is 4.74 Å². The minimum Gasteiger partial charge on any atom is -0.385 e. The quantitative estimate of drug-likeness (QED) is 0.719. The molecule has 0 saturated heterocycles. The maximum absolute atomic E-state index is 5.98. The first-order chi connectivity index (χ1) is 9.69. The Kier molecular flexibility index (Phi) is 5.88. The van der Waals surface area contributed by atoms with Gasteiger partial charge in [0.05, 0.1) is 0 Å². The summed E-state index contributed by atoms with van der Waals surface area (Å²) in [4.78, 5) is 0. The summed E-state index contributed by atoms with van der Waals surface area (Å²) in [6, 6.07) is 8.70. The zero-order valence-corrected chi connectivity index (χ0v) is 13.4. The molecule has 0 amide bonds. The third-order valence-electron chi connectivity index (χ3n) is 4.37. The first kappa shape index (κ1) is 15.8. The van der Waals surface area contributed by atoms with E-state index in [0.717, 1.165) is 18.2 Å². The molecule has 0 radical (unpaired) electrons. The van der Waals surface area contributed by atoms with Gasteiger partial charge in [-0.05, 0) is 48.8 Å². The molecule has 1 N–H and O–H groups in total. The fourth-order valence-electron chi connectivity index (χ4n) is 2.72. The molecule has 1 aromatic rings. The summed E-state index contributed by atoms with van der Waals surface area (Å²) in [7, 11) is 1.79. The second-order valence-corrected chi connectivity index (χ2v) is 6.45. The zero-order chi connectivity index (χ0) is 14.4. The molecule has 1 saturated carbocycles. The summed E-state index contributed by atoms with van der Waals surface area (Å²) in [5, 5.41) is 4.58. The Bertz CT molecular complexity index is 400. The van der Waals surface area contributed by atoms with Gasteiger partial charge in [0, 0.05) is 31.3 Å². The molecule has 2 rings (SSSR count). The largest absolute Gasteiger partial charge is 0.385 e. The molecule has 2 nitrogen and oxygen atoms in total. The molecule has 0 spiro atoms. The van der Waals surface area contributed by atoms with Gasteiger partial charge in [0.1, 0.15) is 0 Å². The van der Waals surface area contributed by atoms with Crippen LogP contribution in [0.25, 0.3) is 0 Å². The predicted molar refractivity (Wildman–Crippen MR) is 85.3 cm³/mol. The molecule has 20 heavy (non-hydrogen) atoms. The lowest BCUT2D eigenvalue weighted by molar-refractivity contribution is 0.170. The van der Waals surface area contributed by atoms with Gasteiger partial charge in [0.25, 0.3) is 0 Å². The van der Waals surface area contributed by atoms with Crippen LogP contribution in [-0.4, -0.2) is 20.3 Å². The van der Waals surface area contributed by atoms with E-state index in [0.29, 0.717) is 11.5 Å². The van der Waals surface area contributed by atoms with Gasteiger partial charge in [-0.2, -0.15) is 0 Å². The topological polar surface area (TPSA) is 21.3 Å². The van der Waals surface area contributed by atoms with Gasteiger partial charge in [-0.3, -0.25) is 0 Å². The highest BCUT2D eigenvalue weighted by Crippen LogP contribution is 2.48. The van der Waals surface area contributed by atoms with Gasteiger partial charge in [-0.1, -0.05) is 37.1 Å². The van der Waals surface area contributed by atoms with Crippen LogP contribution in [0.5, 0.6) is 0 Å². The van der Waals surface area contributed by atoms with Gasteiger partial charge < -0.3 is 10.1 Å². The monoisotopic (exact) mass is 295 g/mol. The van der Waals surface area contributed by atoms with Crippen molar-refractivity contribution in [2.75, 3.05) is 20.3 Å². The first-order valence-electron chi connectivity index (χ1n) is 7.67. The highest BCUT2D eigenvalue weighted by atomic mass is 35.5. The molecule has 1 aromatic carbocycles. The minimum atomic E-state index is 0.442. The molecule has 1 unspecified atom stereocenters. The average molecular weight is 296 g/mol. The maximum atomic E-state index is 5.98. The van der Waals surface area contributed by atoms with E-state index in [1.165, 1.54) is 37.7 Å². The number of hydrogen-bond donors (Lipinski definition) is 1. The Morgan fingerprint density at radius 3 is 2.55 bits per heavy atom. The standard InChI is InChI=1S/C17H26ClNO/c1-3-4-16(14-5-7-15(18)8-6-14)19-13-17(9-10-17)11-12-20-2/h5-8,16,19H,3-4,9-13H2,1-2H3. The van der Waals surface area contributed by atoms with Crippen LogP contribution in [0.4, 0.5) is 0 Å². The summed E-state index contributed by atoms with van der Waals surface area (Å²) in [5.41, 5.74) is 1.84. The van der Waals surface area contributed by atoms with E-state index < -0.39 is 0 Å². The van der Waals surface area contributed by atoms with Crippen LogP contribution >= 0.6 is 11.6 Å². The average Bonchev–Trinajstić information content (AvgIpc) is 3.23. The Morgan fingerprint density at radius 2 is 2.00 bits per heavy atom. The molecule has 1 aliphatic carbocycles. The third kappa shape index (κ3) is 4.47. The van der Waals surface area contributed by atoms with E-state index in [1.807, 2.05) is 12.1 Å². The summed E-state index contributed by atoms with van der Waals surface area (Å²) in [5.74, 6) is 0. The van der Waals surface area contributed by atoms with E-state index >= 15 is 0 Å². The van der Waals surface area contributed by atoms with Crippen molar-refractivity contribution in [3.8, 4) is 0 Å². The van der Waals surface area contributed by atoms with Crippen molar-refractivity contribution >= 4 is 11.6 Å². The van der Waals surface area contributed by atoms with Gasteiger partial charge in [0.2, 0.25) is 0 Å². The number of nitrogens with one attached hydrogen (secondary N) is 1. The van der Waals surface area contributed by atoms with Crippen LogP contribution in [0, 0.1) is 5.41 Å². The maximum Gasteiger partial charge on any atom is 0.0468 e. The van der Waals surface area contributed by atoms with Crippen LogP contribution in [0.15, 0.2) is 24.3 Å². The second-order valence-electron chi connectivity index (χ2n) is 6.02. The molecule has 3 heteroatoms. The normalized spacial score (nSPS) is 17.9. The molecule has 0 aliphatic heterocycles. The summed E-state index contributed by atoms with van der Waals surface area (Å²) in [6.45, 7) is 4.22. The first-order valence-corrected chi connectivity index (χ1v) is 8.05. The molecular formula is C17H26ClNO. The van der Waals surface area contributed by atoms with E-state index in [9.17, 15) is 0 Å². The predicted octanol–water partition coefficient (Wildman–Crippen LogP) is 4.59. The van der Waals surface area contributed by atoms with E-state index in [1.54, 1.807) is 7.11 Å². The van der Waals surface area contributed by atoms with Crippen molar-refractivity contribution in [2.45, 2.75) is 45.1 Å². The van der Waals surface area contributed by atoms with Crippen LogP contribution < -0.4 is 5.32 Å². The minimum absolute atomic E-state index is 0.442. The fourth-order valence-corrected chi connectivity index (χ4v) is 2.85. The molecule has 0 aromatic heterocycles. The third-order valence-corrected chi connectivity index (χ3v) is 4.62. The Balaban J connectivity index is 1.91.